The van der Waals surface area contributed by atoms with E-state index in [0.717, 1.165) is 16.9 Å². The topological polar surface area (TPSA) is 58.3 Å². The first kappa shape index (κ1) is 11.1. The molecule has 2 unspecified atom stereocenters. The molecule has 2 rings (SSSR count). The summed E-state index contributed by atoms with van der Waals surface area (Å²) in [5.74, 6) is 0.787. The van der Waals surface area contributed by atoms with Gasteiger partial charge >= 0.3 is 0 Å². The van der Waals surface area contributed by atoms with Gasteiger partial charge in [0.05, 0.1) is 23.2 Å². The van der Waals surface area contributed by atoms with Gasteiger partial charge in [0.25, 0.3) is 0 Å². The van der Waals surface area contributed by atoms with Gasteiger partial charge in [0.1, 0.15) is 5.82 Å². The molecule has 0 spiro atoms. The molecule has 0 aliphatic heterocycles. The van der Waals surface area contributed by atoms with Gasteiger partial charge in [0, 0.05) is 13.5 Å². The minimum Gasteiger partial charge on any atom is -0.391 e. The van der Waals surface area contributed by atoms with E-state index >= 15 is 0 Å². The monoisotopic (exact) mass is 220 g/mol. The molecule has 16 heavy (non-hydrogen) atoms. The van der Waals surface area contributed by atoms with Gasteiger partial charge in [-0.3, -0.25) is 0 Å². The van der Waals surface area contributed by atoms with Crippen LogP contribution in [-0.2, 0) is 13.5 Å². The number of rotatable bonds is 3. The van der Waals surface area contributed by atoms with Crippen LogP contribution < -0.4 is 0 Å². The number of aliphatic hydroxyl groups is 2. The molecule has 0 aliphatic rings. The van der Waals surface area contributed by atoms with Crippen molar-refractivity contribution in [2.75, 3.05) is 0 Å². The second-order valence-electron chi connectivity index (χ2n) is 4.09. The van der Waals surface area contributed by atoms with Crippen LogP contribution in [0, 0.1) is 0 Å². The predicted octanol–water partition coefficient (Wildman–Crippen LogP) is 0.857. The molecule has 0 radical (unpaired) electrons. The molecular formula is C12H16N2O2. The summed E-state index contributed by atoms with van der Waals surface area (Å²) >= 11 is 0. The quantitative estimate of drug-likeness (QED) is 0.806. The number of para-hydroxylation sites is 2. The molecule has 0 saturated carbocycles. The van der Waals surface area contributed by atoms with Crippen LogP contribution in [0.1, 0.15) is 12.7 Å². The maximum atomic E-state index is 9.63. The van der Waals surface area contributed by atoms with Crippen molar-refractivity contribution >= 4 is 11.0 Å². The van der Waals surface area contributed by atoms with Crippen LogP contribution in [0.5, 0.6) is 0 Å². The molecule has 2 aromatic rings. The second-order valence-corrected chi connectivity index (χ2v) is 4.09. The Morgan fingerprint density at radius 2 is 2.00 bits per heavy atom. The number of nitrogens with zero attached hydrogens (tertiary/aromatic N) is 2. The Bertz CT molecular complexity index is 491. The van der Waals surface area contributed by atoms with Crippen molar-refractivity contribution in [2.24, 2.45) is 7.05 Å². The van der Waals surface area contributed by atoms with Crippen molar-refractivity contribution in [1.82, 2.24) is 9.55 Å². The summed E-state index contributed by atoms with van der Waals surface area (Å²) in [5, 5.41) is 18.9. The number of imidazole rings is 1. The molecule has 0 amide bonds. The minimum atomic E-state index is -0.768. The third-order valence-electron chi connectivity index (χ3n) is 2.83. The van der Waals surface area contributed by atoms with Gasteiger partial charge in [0.2, 0.25) is 0 Å². The smallest absolute Gasteiger partial charge is 0.112 e. The van der Waals surface area contributed by atoms with E-state index in [1.165, 1.54) is 0 Å². The zero-order chi connectivity index (χ0) is 11.7. The average molecular weight is 220 g/mol. The van der Waals surface area contributed by atoms with Crippen molar-refractivity contribution in [2.45, 2.75) is 25.6 Å². The van der Waals surface area contributed by atoms with Gasteiger partial charge in [-0.05, 0) is 19.1 Å². The highest BCUT2D eigenvalue weighted by atomic mass is 16.3. The Morgan fingerprint density at radius 3 is 2.62 bits per heavy atom. The number of aryl methyl sites for hydroxylation is 1. The fourth-order valence-electron chi connectivity index (χ4n) is 1.74. The van der Waals surface area contributed by atoms with Crippen LogP contribution >= 0.6 is 0 Å². The molecule has 4 heteroatoms. The van der Waals surface area contributed by atoms with E-state index in [2.05, 4.69) is 4.98 Å². The van der Waals surface area contributed by atoms with Gasteiger partial charge in [-0.15, -0.1) is 0 Å². The van der Waals surface area contributed by atoms with Crippen LogP contribution in [0.3, 0.4) is 0 Å². The minimum absolute atomic E-state index is 0.364. The van der Waals surface area contributed by atoms with Crippen LogP contribution in [0.4, 0.5) is 0 Å². The lowest BCUT2D eigenvalue weighted by Crippen LogP contribution is -2.26. The normalized spacial score (nSPS) is 15.2. The summed E-state index contributed by atoms with van der Waals surface area (Å²) in [6.07, 6.45) is -1.14. The van der Waals surface area contributed by atoms with Gasteiger partial charge in [-0.2, -0.15) is 0 Å². The summed E-state index contributed by atoms with van der Waals surface area (Å²) in [4.78, 5) is 4.43. The first-order valence-corrected chi connectivity index (χ1v) is 5.36. The van der Waals surface area contributed by atoms with Crippen molar-refractivity contribution in [3.63, 3.8) is 0 Å². The third kappa shape index (κ3) is 1.94. The van der Waals surface area contributed by atoms with Crippen LogP contribution in [0.15, 0.2) is 24.3 Å². The Hall–Kier alpha value is -1.39. The van der Waals surface area contributed by atoms with Crippen molar-refractivity contribution < 1.29 is 10.2 Å². The number of aliphatic hydroxyl groups excluding tert-OH is 2. The third-order valence-corrected chi connectivity index (χ3v) is 2.83. The molecule has 0 saturated heterocycles. The highest BCUT2D eigenvalue weighted by molar-refractivity contribution is 5.75. The molecule has 2 atom stereocenters. The lowest BCUT2D eigenvalue weighted by molar-refractivity contribution is 0.0304. The maximum Gasteiger partial charge on any atom is 0.112 e. The zero-order valence-electron chi connectivity index (χ0n) is 9.46. The summed E-state index contributed by atoms with van der Waals surface area (Å²) in [6, 6.07) is 7.82. The average Bonchev–Trinajstić information content (AvgIpc) is 2.56. The Morgan fingerprint density at radius 1 is 1.31 bits per heavy atom. The van der Waals surface area contributed by atoms with E-state index in [9.17, 15) is 10.2 Å². The van der Waals surface area contributed by atoms with Crippen LogP contribution in [0.25, 0.3) is 11.0 Å². The SMILES string of the molecule is CC(O)C(O)Cc1nc2ccccc2n1C. The summed E-state index contributed by atoms with van der Waals surface area (Å²) in [5.41, 5.74) is 1.95. The molecule has 86 valence electrons. The van der Waals surface area contributed by atoms with E-state index in [4.69, 9.17) is 0 Å². The summed E-state index contributed by atoms with van der Waals surface area (Å²) in [6.45, 7) is 1.58. The fourth-order valence-corrected chi connectivity index (χ4v) is 1.74. The Labute approximate surface area is 94.2 Å². The first-order chi connectivity index (χ1) is 7.59. The second kappa shape index (κ2) is 4.23. The number of hydrogen-bond acceptors (Lipinski definition) is 3. The largest absolute Gasteiger partial charge is 0.391 e. The maximum absolute atomic E-state index is 9.63. The number of benzene rings is 1. The van der Waals surface area contributed by atoms with Crippen molar-refractivity contribution in [1.29, 1.82) is 0 Å². The summed E-state index contributed by atoms with van der Waals surface area (Å²) in [7, 11) is 1.92. The molecule has 2 N–H and O–H groups in total. The fraction of sp³-hybridized carbons (Fsp3) is 0.417. The Balaban J connectivity index is 2.35. The summed E-state index contributed by atoms with van der Waals surface area (Å²) < 4.78 is 1.95. The first-order valence-electron chi connectivity index (χ1n) is 5.36. The molecular weight excluding hydrogens is 204 g/mol. The highest BCUT2D eigenvalue weighted by Gasteiger charge is 2.15. The van der Waals surface area contributed by atoms with Crippen molar-refractivity contribution in [3.05, 3.63) is 30.1 Å². The van der Waals surface area contributed by atoms with Gasteiger partial charge in [0.15, 0.2) is 0 Å². The van der Waals surface area contributed by atoms with E-state index < -0.39 is 12.2 Å². The van der Waals surface area contributed by atoms with Gasteiger partial charge in [-0.1, -0.05) is 12.1 Å². The molecule has 1 aromatic heterocycles. The van der Waals surface area contributed by atoms with Gasteiger partial charge < -0.3 is 14.8 Å². The molecule has 1 heterocycles. The highest BCUT2D eigenvalue weighted by Crippen LogP contribution is 2.15. The number of hydrogen-bond donors (Lipinski definition) is 2. The van der Waals surface area contributed by atoms with Crippen LogP contribution in [-0.4, -0.2) is 32.0 Å². The zero-order valence-corrected chi connectivity index (χ0v) is 9.46. The van der Waals surface area contributed by atoms with Gasteiger partial charge in [-0.25, -0.2) is 4.98 Å². The molecule has 0 fully saturated rings. The molecule has 1 aromatic carbocycles. The van der Waals surface area contributed by atoms with E-state index in [-0.39, 0.29) is 0 Å². The van der Waals surface area contributed by atoms with E-state index in [0.29, 0.717) is 6.42 Å². The standard InChI is InChI=1S/C12H16N2O2/c1-8(15)11(16)7-12-13-9-5-3-4-6-10(9)14(12)2/h3-6,8,11,15-16H,7H2,1-2H3. The molecule has 0 bridgehead atoms. The van der Waals surface area contributed by atoms with E-state index in [1.54, 1.807) is 6.92 Å². The molecule has 4 nitrogen and oxygen atoms in total. The lowest BCUT2D eigenvalue weighted by Gasteiger charge is -2.12. The Kier molecular flexibility index (Phi) is 2.94. The predicted molar refractivity (Wildman–Crippen MR) is 62.1 cm³/mol. The van der Waals surface area contributed by atoms with E-state index in [1.807, 2.05) is 35.9 Å². The van der Waals surface area contributed by atoms with Crippen molar-refractivity contribution in [3.8, 4) is 0 Å². The molecule has 0 aliphatic carbocycles. The lowest BCUT2D eigenvalue weighted by atomic mass is 10.1. The number of fused-ring (bicyclic) bond motifs is 1. The van der Waals surface area contributed by atoms with Crippen LogP contribution in [0.2, 0.25) is 0 Å². The number of aromatic nitrogens is 2.